The molecule has 0 fully saturated rings. The van der Waals surface area contributed by atoms with Crippen molar-refractivity contribution in [3.05, 3.63) is 21.4 Å². The number of carbonyl (C=O) groups excluding carboxylic acids is 1. The molecule has 1 heterocycles. The van der Waals surface area contributed by atoms with Gasteiger partial charge in [0.25, 0.3) is 5.91 Å². The van der Waals surface area contributed by atoms with Gasteiger partial charge in [0, 0.05) is 17.9 Å². The lowest BCUT2D eigenvalue weighted by molar-refractivity contribution is -0.139. The molecule has 0 aromatic carbocycles. The first-order valence-corrected chi connectivity index (χ1v) is 7.59. The standard InChI is InChI=1S/C14H19NO4S/c1-8-2-3-11-9(6-8)7-12(20-11)13(17)15-10(4-5-16)14(18)19/h7-8,10,16H,2-6H2,1H3,(H,15,17)(H,18,19). The first-order chi connectivity index (χ1) is 9.51. The highest BCUT2D eigenvalue weighted by atomic mass is 32.1. The monoisotopic (exact) mass is 297 g/mol. The number of aryl methyl sites for hydroxylation is 1. The van der Waals surface area contributed by atoms with E-state index < -0.39 is 12.0 Å². The molecule has 0 saturated carbocycles. The van der Waals surface area contributed by atoms with Crippen LogP contribution in [0, 0.1) is 5.92 Å². The number of fused-ring (bicyclic) bond motifs is 1. The summed E-state index contributed by atoms with van der Waals surface area (Å²) >= 11 is 1.45. The average molecular weight is 297 g/mol. The minimum atomic E-state index is -1.12. The van der Waals surface area contributed by atoms with Crippen molar-refractivity contribution >= 4 is 23.2 Å². The van der Waals surface area contributed by atoms with Crippen molar-refractivity contribution < 1.29 is 19.8 Å². The second-order valence-corrected chi connectivity index (χ2v) is 6.42. The van der Waals surface area contributed by atoms with Gasteiger partial charge in [0.05, 0.1) is 4.88 Å². The molecule has 3 N–H and O–H groups in total. The lowest BCUT2D eigenvalue weighted by atomic mass is 9.90. The van der Waals surface area contributed by atoms with Crippen LogP contribution < -0.4 is 5.32 Å². The third-order valence-electron chi connectivity index (χ3n) is 3.57. The number of nitrogens with one attached hydrogen (secondary N) is 1. The Morgan fingerprint density at radius 3 is 2.95 bits per heavy atom. The van der Waals surface area contributed by atoms with Crippen LogP contribution in [-0.2, 0) is 17.6 Å². The minimum Gasteiger partial charge on any atom is -0.480 e. The summed E-state index contributed by atoms with van der Waals surface area (Å²) < 4.78 is 0. The van der Waals surface area contributed by atoms with Gasteiger partial charge in [-0.3, -0.25) is 4.79 Å². The molecular weight excluding hydrogens is 278 g/mol. The molecule has 2 rings (SSSR count). The molecule has 0 radical (unpaired) electrons. The topological polar surface area (TPSA) is 86.6 Å². The van der Waals surface area contributed by atoms with E-state index in [0.717, 1.165) is 19.3 Å². The van der Waals surface area contributed by atoms with Crippen LogP contribution in [0.2, 0.25) is 0 Å². The molecule has 0 spiro atoms. The SMILES string of the molecule is CC1CCc2sc(C(=O)NC(CCO)C(=O)O)cc2C1. The molecule has 6 heteroatoms. The van der Waals surface area contributed by atoms with E-state index in [1.165, 1.54) is 21.8 Å². The lowest BCUT2D eigenvalue weighted by Crippen LogP contribution is -2.41. The van der Waals surface area contributed by atoms with E-state index in [1.54, 1.807) is 0 Å². The number of carbonyl (C=O) groups is 2. The Labute approximate surface area is 121 Å². The van der Waals surface area contributed by atoms with Gasteiger partial charge in [0.1, 0.15) is 6.04 Å². The number of aliphatic hydroxyl groups excluding tert-OH is 1. The fourth-order valence-electron chi connectivity index (χ4n) is 2.43. The number of carboxylic acid groups (broad SMARTS) is 1. The van der Waals surface area contributed by atoms with Crippen molar-refractivity contribution in [2.24, 2.45) is 5.92 Å². The normalized spacial score (nSPS) is 19.2. The molecule has 0 bridgehead atoms. The predicted octanol–water partition coefficient (Wildman–Crippen LogP) is 1.44. The molecule has 1 amide bonds. The summed E-state index contributed by atoms with van der Waals surface area (Å²) in [6.07, 6.45) is 3.13. The van der Waals surface area contributed by atoms with Crippen molar-refractivity contribution in [2.45, 2.75) is 38.6 Å². The van der Waals surface area contributed by atoms with Crippen LogP contribution in [0.15, 0.2) is 6.07 Å². The molecule has 1 aromatic heterocycles. The van der Waals surface area contributed by atoms with Gasteiger partial charge in [-0.15, -0.1) is 11.3 Å². The molecule has 2 unspecified atom stereocenters. The molecule has 5 nitrogen and oxygen atoms in total. The largest absolute Gasteiger partial charge is 0.480 e. The van der Waals surface area contributed by atoms with E-state index in [9.17, 15) is 9.59 Å². The smallest absolute Gasteiger partial charge is 0.326 e. The number of hydrogen-bond acceptors (Lipinski definition) is 4. The van der Waals surface area contributed by atoms with E-state index in [4.69, 9.17) is 10.2 Å². The van der Waals surface area contributed by atoms with Crippen molar-refractivity contribution in [1.82, 2.24) is 5.32 Å². The van der Waals surface area contributed by atoms with Gasteiger partial charge >= 0.3 is 5.97 Å². The number of hydrogen-bond donors (Lipinski definition) is 3. The highest BCUT2D eigenvalue weighted by Gasteiger charge is 2.24. The Kier molecular flexibility index (Phi) is 4.77. The summed E-state index contributed by atoms with van der Waals surface area (Å²) in [6, 6.07) is 0.841. The lowest BCUT2D eigenvalue weighted by Gasteiger charge is -2.16. The third kappa shape index (κ3) is 3.37. The van der Waals surface area contributed by atoms with E-state index >= 15 is 0 Å². The van der Waals surface area contributed by atoms with Crippen molar-refractivity contribution in [1.29, 1.82) is 0 Å². The average Bonchev–Trinajstić information content (AvgIpc) is 2.80. The predicted molar refractivity (Wildman–Crippen MR) is 76.1 cm³/mol. The molecule has 1 aromatic rings. The van der Waals surface area contributed by atoms with Gasteiger partial charge in [-0.25, -0.2) is 4.79 Å². The second kappa shape index (κ2) is 6.37. The number of aliphatic carboxylic acids is 1. The van der Waals surface area contributed by atoms with Crippen LogP contribution in [0.4, 0.5) is 0 Å². The van der Waals surface area contributed by atoms with E-state index in [-0.39, 0.29) is 18.9 Å². The highest BCUT2D eigenvalue weighted by molar-refractivity contribution is 7.14. The molecular formula is C14H19NO4S. The maximum absolute atomic E-state index is 12.1. The van der Waals surface area contributed by atoms with Crippen molar-refractivity contribution in [2.75, 3.05) is 6.61 Å². The van der Waals surface area contributed by atoms with Crippen LogP contribution >= 0.6 is 11.3 Å². The Morgan fingerprint density at radius 1 is 1.55 bits per heavy atom. The number of aliphatic hydroxyl groups is 1. The second-order valence-electron chi connectivity index (χ2n) is 5.28. The first kappa shape index (κ1) is 15.0. The van der Waals surface area contributed by atoms with Crippen LogP contribution in [0.25, 0.3) is 0 Å². The Balaban J connectivity index is 2.08. The summed E-state index contributed by atoms with van der Waals surface area (Å²) in [7, 11) is 0. The number of carboxylic acids is 1. The Morgan fingerprint density at radius 2 is 2.30 bits per heavy atom. The zero-order valence-electron chi connectivity index (χ0n) is 11.4. The molecule has 0 saturated heterocycles. The Bertz CT molecular complexity index is 511. The molecule has 1 aliphatic carbocycles. The summed E-state index contributed by atoms with van der Waals surface area (Å²) in [5.74, 6) is -0.852. The van der Waals surface area contributed by atoms with Gasteiger partial charge in [-0.1, -0.05) is 6.92 Å². The fourth-order valence-corrected chi connectivity index (χ4v) is 3.55. The van der Waals surface area contributed by atoms with Crippen molar-refractivity contribution in [3.8, 4) is 0 Å². The molecule has 110 valence electrons. The zero-order valence-corrected chi connectivity index (χ0v) is 12.2. The summed E-state index contributed by atoms with van der Waals surface area (Å²) in [6.45, 7) is 1.93. The van der Waals surface area contributed by atoms with Crippen LogP contribution in [-0.4, -0.2) is 34.7 Å². The fraction of sp³-hybridized carbons (Fsp3) is 0.571. The summed E-state index contributed by atoms with van der Waals surface area (Å²) in [5, 5.41) is 20.3. The minimum absolute atomic E-state index is 0.0171. The van der Waals surface area contributed by atoms with Gasteiger partial charge in [-0.2, -0.15) is 0 Å². The van der Waals surface area contributed by atoms with E-state index in [1.807, 2.05) is 6.07 Å². The van der Waals surface area contributed by atoms with Crippen LogP contribution in [0.1, 0.15) is 39.9 Å². The zero-order chi connectivity index (χ0) is 14.7. The van der Waals surface area contributed by atoms with Gasteiger partial charge in [0.15, 0.2) is 0 Å². The maximum atomic E-state index is 12.1. The highest BCUT2D eigenvalue weighted by Crippen LogP contribution is 2.32. The Hall–Kier alpha value is -1.40. The molecule has 1 aliphatic rings. The summed E-state index contributed by atoms with van der Waals surface area (Å²) in [4.78, 5) is 24.9. The van der Waals surface area contributed by atoms with E-state index in [0.29, 0.717) is 10.8 Å². The summed E-state index contributed by atoms with van der Waals surface area (Å²) in [5.41, 5.74) is 1.22. The maximum Gasteiger partial charge on any atom is 0.326 e. The van der Waals surface area contributed by atoms with Gasteiger partial charge in [-0.05, 0) is 36.8 Å². The van der Waals surface area contributed by atoms with Crippen LogP contribution in [0.5, 0.6) is 0 Å². The van der Waals surface area contributed by atoms with Gasteiger partial charge < -0.3 is 15.5 Å². The van der Waals surface area contributed by atoms with Crippen molar-refractivity contribution in [3.63, 3.8) is 0 Å². The number of amides is 1. The van der Waals surface area contributed by atoms with Gasteiger partial charge in [0.2, 0.25) is 0 Å². The third-order valence-corrected chi connectivity index (χ3v) is 4.81. The molecule has 20 heavy (non-hydrogen) atoms. The number of thiophene rings is 1. The molecule has 0 aliphatic heterocycles. The molecule has 2 atom stereocenters. The van der Waals surface area contributed by atoms with E-state index in [2.05, 4.69) is 12.2 Å². The first-order valence-electron chi connectivity index (χ1n) is 6.77. The van der Waals surface area contributed by atoms with Crippen LogP contribution in [0.3, 0.4) is 0 Å². The number of rotatable bonds is 5. The quantitative estimate of drug-likeness (QED) is 0.767.